The summed E-state index contributed by atoms with van der Waals surface area (Å²) in [4.78, 5) is 12.4. The van der Waals surface area contributed by atoms with Gasteiger partial charge in [-0.2, -0.15) is 0 Å². The fourth-order valence-corrected chi connectivity index (χ4v) is 7.15. The summed E-state index contributed by atoms with van der Waals surface area (Å²) in [5.74, 6) is -0.0385. The zero-order valence-electron chi connectivity index (χ0n) is 36.7. The van der Waals surface area contributed by atoms with Gasteiger partial charge in [-0.1, -0.05) is 235 Å². The van der Waals surface area contributed by atoms with Crippen LogP contribution in [-0.2, 0) is 4.79 Å². The lowest BCUT2D eigenvalue weighted by Crippen LogP contribution is -2.45. The summed E-state index contributed by atoms with van der Waals surface area (Å²) in [7, 11) is 0. The van der Waals surface area contributed by atoms with Gasteiger partial charge in [0.2, 0.25) is 5.91 Å². The number of nitrogens with one attached hydrogen (secondary N) is 1. The molecule has 0 aromatic carbocycles. The van der Waals surface area contributed by atoms with Gasteiger partial charge in [0.05, 0.1) is 18.8 Å². The van der Waals surface area contributed by atoms with Crippen molar-refractivity contribution in [1.29, 1.82) is 0 Å². The van der Waals surface area contributed by atoms with E-state index in [1.165, 1.54) is 154 Å². The number of aliphatic hydroxyl groups excluding tert-OH is 2. The topological polar surface area (TPSA) is 69.6 Å². The van der Waals surface area contributed by atoms with E-state index in [0.717, 1.165) is 57.8 Å². The standard InChI is InChI=1S/C51H93NO3/c1-3-5-7-9-11-13-15-17-19-21-23-24-25-26-27-28-29-31-33-35-37-39-41-43-45-47-51(55)52-49(48-53)50(54)46-44-42-40-38-36-34-32-30-22-20-18-16-14-12-10-8-6-4-2/h5,7,11,13,17,19,23-24,26-27,49-50,53-54H,3-4,6,8-10,12,14-16,18,20-22,25,28-48H2,1-2H3,(H,52,55)/b7-5-,13-11-,19-17-,24-23-,27-26-. The van der Waals surface area contributed by atoms with Crippen molar-refractivity contribution in [3.05, 3.63) is 60.8 Å². The molecule has 0 radical (unpaired) electrons. The third kappa shape index (κ3) is 43.1. The molecule has 4 nitrogen and oxygen atoms in total. The van der Waals surface area contributed by atoms with E-state index in [-0.39, 0.29) is 12.5 Å². The van der Waals surface area contributed by atoms with Crippen LogP contribution in [0.5, 0.6) is 0 Å². The molecule has 0 aliphatic rings. The summed E-state index contributed by atoms with van der Waals surface area (Å²) in [5.41, 5.74) is 0. The van der Waals surface area contributed by atoms with Crippen molar-refractivity contribution >= 4 is 5.91 Å². The Morgan fingerprint density at radius 3 is 1.20 bits per heavy atom. The van der Waals surface area contributed by atoms with Gasteiger partial charge < -0.3 is 15.5 Å². The molecule has 0 fully saturated rings. The van der Waals surface area contributed by atoms with Crippen LogP contribution in [0, 0.1) is 0 Å². The van der Waals surface area contributed by atoms with Crippen LogP contribution >= 0.6 is 0 Å². The van der Waals surface area contributed by atoms with E-state index >= 15 is 0 Å². The number of carbonyl (C=O) groups excluding carboxylic acids is 1. The van der Waals surface area contributed by atoms with Gasteiger partial charge in [0.25, 0.3) is 0 Å². The van der Waals surface area contributed by atoms with E-state index < -0.39 is 12.1 Å². The summed E-state index contributed by atoms with van der Waals surface area (Å²) < 4.78 is 0. The number of allylic oxidation sites excluding steroid dienone is 10. The summed E-state index contributed by atoms with van der Waals surface area (Å²) in [6.07, 6.45) is 64.5. The SMILES string of the molecule is CC/C=C\C/C=C\C/C=C\C/C=C\C/C=C\CCCCCCCCCCCC(=O)NC(CO)C(O)CCCCCCCCCCCCCCCCCCCC. The first-order valence-corrected chi connectivity index (χ1v) is 24.0. The Morgan fingerprint density at radius 2 is 0.800 bits per heavy atom. The quantitative estimate of drug-likeness (QED) is 0.0427. The third-order valence-electron chi connectivity index (χ3n) is 10.8. The summed E-state index contributed by atoms with van der Waals surface area (Å²) in [6, 6.07) is -0.542. The van der Waals surface area contributed by atoms with E-state index in [0.29, 0.717) is 12.8 Å². The molecule has 320 valence electrons. The van der Waals surface area contributed by atoms with Crippen molar-refractivity contribution in [2.45, 2.75) is 251 Å². The average molecular weight is 768 g/mol. The minimum atomic E-state index is -0.665. The number of rotatable bonds is 43. The maximum Gasteiger partial charge on any atom is 0.220 e. The largest absolute Gasteiger partial charge is 0.394 e. The molecule has 55 heavy (non-hydrogen) atoms. The maximum atomic E-state index is 12.4. The molecule has 4 heteroatoms. The smallest absolute Gasteiger partial charge is 0.220 e. The lowest BCUT2D eigenvalue weighted by atomic mass is 10.0. The van der Waals surface area contributed by atoms with E-state index in [1.807, 2.05) is 0 Å². The number of hydrogen-bond donors (Lipinski definition) is 3. The van der Waals surface area contributed by atoms with Crippen LogP contribution < -0.4 is 5.32 Å². The van der Waals surface area contributed by atoms with Gasteiger partial charge in [0.15, 0.2) is 0 Å². The molecule has 0 saturated carbocycles. The predicted molar refractivity (Wildman–Crippen MR) is 244 cm³/mol. The molecule has 2 atom stereocenters. The second-order valence-electron chi connectivity index (χ2n) is 16.2. The Hall–Kier alpha value is -1.91. The Morgan fingerprint density at radius 1 is 0.455 bits per heavy atom. The van der Waals surface area contributed by atoms with Crippen molar-refractivity contribution in [1.82, 2.24) is 5.32 Å². The fraction of sp³-hybridized carbons (Fsp3) is 0.784. The Balaban J connectivity index is 3.54. The molecule has 0 aromatic heterocycles. The zero-order chi connectivity index (χ0) is 40.0. The molecule has 0 aliphatic carbocycles. The molecular formula is C51H93NO3. The zero-order valence-corrected chi connectivity index (χ0v) is 36.7. The van der Waals surface area contributed by atoms with E-state index in [4.69, 9.17) is 0 Å². The van der Waals surface area contributed by atoms with Crippen molar-refractivity contribution in [2.24, 2.45) is 0 Å². The third-order valence-corrected chi connectivity index (χ3v) is 10.8. The monoisotopic (exact) mass is 768 g/mol. The number of hydrogen-bond acceptors (Lipinski definition) is 3. The van der Waals surface area contributed by atoms with Crippen LogP contribution in [0.15, 0.2) is 60.8 Å². The van der Waals surface area contributed by atoms with Gasteiger partial charge in [-0.3, -0.25) is 4.79 Å². The first kappa shape index (κ1) is 53.1. The molecule has 0 heterocycles. The first-order chi connectivity index (χ1) is 27.2. The number of carbonyl (C=O) groups is 1. The molecule has 0 bridgehead atoms. The number of unbranched alkanes of at least 4 members (excludes halogenated alkanes) is 26. The summed E-state index contributed by atoms with van der Waals surface area (Å²) in [5, 5.41) is 23.2. The van der Waals surface area contributed by atoms with Gasteiger partial charge in [-0.05, 0) is 57.8 Å². The second kappa shape index (κ2) is 46.5. The molecule has 2 unspecified atom stereocenters. The van der Waals surface area contributed by atoms with E-state index in [9.17, 15) is 15.0 Å². The van der Waals surface area contributed by atoms with E-state index in [1.54, 1.807) is 0 Å². The van der Waals surface area contributed by atoms with Crippen molar-refractivity contribution in [3.8, 4) is 0 Å². The highest BCUT2D eigenvalue weighted by atomic mass is 16.3. The number of aliphatic hydroxyl groups is 2. The summed E-state index contributed by atoms with van der Waals surface area (Å²) in [6.45, 7) is 4.25. The predicted octanol–water partition coefficient (Wildman–Crippen LogP) is 15.3. The Bertz CT molecular complexity index is 919. The van der Waals surface area contributed by atoms with Gasteiger partial charge in [0, 0.05) is 6.42 Å². The average Bonchev–Trinajstić information content (AvgIpc) is 3.19. The Kier molecular flexibility index (Phi) is 44.9. The van der Waals surface area contributed by atoms with Crippen molar-refractivity contribution in [3.63, 3.8) is 0 Å². The van der Waals surface area contributed by atoms with Gasteiger partial charge in [-0.25, -0.2) is 0 Å². The van der Waals surface area contributed by atoms with Crippen molar-refractivity contribution in [2.75, 3.05) is 6.61 Å². The maximum absolute atomic E-state index is 12.4. The molecule has 0 aliphatic heterocycles. The van der Waals surface area contributed by atoms with Crippen LogP contribution in [0.2, 0.25) is 0 Å². The van der Waals surface area contributed by atoms with E-state index in [2.05, 4.69) is 79.9 Å². The minimum Gasteiger partial charge on any atom is -0.394 e. The molecule has 3 N–H and O–H groups in total. The van der Waals surface area contributed by atoms with Gasteiger partial charge >= 0.3 is 0 Å². The molecule has 0 saturated heterocycles. The number of amides is 1. The minimum absolute atomic E-state index is 0.0385. The van der Waals surface area contributed by atoms with Crippen molar-refractivity contribution < 1.29 is 15.0 Å². The lowest BCUT2D eigenvalue weighted by molar-refractivity contribution is -0.123. The molecule has 0 spiro atoms. The molecule has 0 rings (SSSR count). The lowest BCUT2D eigenvalue weighted by Gasteiger charge is -2.22. The van der Waals surface area contributed by atoms with Crippen LogP contribution in [0.1, 0.15) is 239 Å². The molecule has 1 amide bonds. The van der Waals surface area contributed by atoms with Gasteiger partial charge in [0.1, 0.15) is 0 Å². The highest BCUT2D eigenvalue weighted by molar-refractivity contribution is 5.76. The fourth-order valence-electron chi connectivity index (χ4n) is 7.15. The highest BCUT2D eigenvalue weighted by Crippen LogP contribution is 2.16. The van der Waals surface area contributed by atoms with Crippen LogP contribution in [0.4, 0.5) is 0 Å². The highest BCUT2D eigenvalue weighted by Gasteiger charge is 2.20. The second-order valence-corrected chi connectivity index (χ2v) is 16.2. The van der Waals surface area contributed by atoms with Gasteiger partial charge in [-0.15, -0.1) is 0 Å². The summed E-state index contributed by atoms with van der Waals surface area (Å²) >= 11 is 0. The molecular weight excluding hydrogens is 675 g/mol. The normalized spacial score (nSPS) is 13.5. The van der Waals surface area contributed by atoms with Crippen LogP contribution in [0.3, 0.4) is 0 Å². The first-order valence-electron chi connectivity index (χ1n) is 24.0. The van der Waals surface area contributed by atoms with Crippen LogP contribution in [-0.4, -0.2) is 34.9 Å². The Labute approximate surface area is 343 Å². The molecule has 0 aromatic rings. The van der Waals surface area contributed by atoms with Crippen LogP contribution in [0.25, 0.3) is 0 Å².